The summed E-state index contributed by atoms with van der Waals surface area (Å²) in [6.07, 6.45) is 0.870. The Morgan fingerprint density at radius 2 is 2.12 bits per heavy atom. The first-order valence-corrected chi connectivity index (χ1v) is 9.44. The van der Waals surface area contributed by atoms with Crippen molar-refractivity contribution in [3.05, 3.63) is 52.3 Å². The van der Waals surface area contributed by atoms with Gasteiger partial charge in [-0.05, 0) is 30.0 Å². The first-order chi connectivity index (χ1) is 11.8. The number of para-hydroxylation sites is 2. The second kappa shape index (κ2) is 6.66. The molecule has 6 nitrogen and oxygen atoms in total. The molecule has 8 heteroatoms. The SMILES string of the molecule is O=c1[nH]c2ccccc2n1CCCSc1n[nH]c(-c2cccs2)n1. The lowest BCUT2D eigenvalue weighted by Gasteiger charge is -2.02. The molecule has 0 aliphatic heterocycles. The molecule has 122 valence electrons. The molecule has 24 heavy (non-hydrogen) atoms. The largest absolute Gasteiger partial charge is 0.326 e. The Hall–Kier alpha value is -2.32. The van der Waals surface area contributed by atoms with E-state index in [9.17, 15) is 4.79 Å². The van der Waals surface area contributed by atoms with Crippen molar-refractivity contribution in [1.82, 2.24) is 24.7 Å². The number of aromatic amines is 2. The van der Waals surface area contributed by atoms with Crippen LogP contribution in [0.4, 0.5) is 0 Å². The minimum Gasteiger partial charge on any atom is -0.306 e. The minimum atomic E-state index is -0.0564. The summed E-state index contributed by atoms with van der Waals surface area (Å²) in [5.74, 6) is 1.66. The van der Waals surface area contributed by atoms with Gasteiger partial charge in [0, 0.05) is 12.3 Å². The zero-order chi connectivity index (χ0) is 16.4. The van der Waals surface area contributed by atoms with Crippen molar-refractivity contribution < 1.29 is 0 Å². The number of nitrogens with one attached hydrogen (secondary N) is 2. The molecule has 0 fully saturated rings. The molecule has 0 atom stereocenters. The number of imidazole rings is 1. The number of aryl methyl sites for hydroxylation is 1. The van der Waals surface area contributed by atoms with Crippen LogP contribution in [0.5, 0.6) is 0 Å². The molecule has 0 bridgehead atoms. The molecule has 0 aliphatic carbocycles. The van der Waals surface area contributed by atoms with Crippen molar-refractivity contribution in [2.24, 2.45) is 0 Å². The van der Waals surface area contributed by atoms with Gasteiger partial charge in [0.15, 0.2) is 5.82 Å². The first-order valence-electron chi connectivity index (χ1n) is 7.58. The van der Waals surface area contributed by atoms with Gasteiger partial charge in [0.25, 0.3) is 0 Å². The number of hydrogen-bond donors (Lipinski definition) is 2. The second-order valence-corrected chi connectivity index (χ2v) is 7.25. The quantitative estimate of drug-likeness (QED) is 0.410. The number of benzene rings is 1. The third-order valence-corrected chi connectivity index (χ3v) is 5.47. The Morgan fingerprint density at radius 1 is 1.21 bits per heavy atom. The molecule has 3 heterocycles. The van der Waals surface area contributed by atoms with Gasteiger partial charge in [0.2, 0.25) is 5.16 Å². The zero-order valence-corrected chi connectivity index (χ0v) is 14.4. The topological polar surface area (TPSA) is 79.4 Å². The Bertz CT molecular complexity index is 999. The van der Waals surface area contributed by atoms with Crippen LogP contribution in [0.25, 0.3) is 21.7 Å². The van der Waals surface area contributed by atoms with Gasteiger partial charge in [-0.15, -0.1) is 16.4 Å². The molecule has 0 spiro atoms. The summed E-state index contributed by atoms with van der Waals surface area (Å²) in [5, 5.41) is 9.96. The Morgan fingerprint density at radius 3 is 3.00 bits per heavy atom. The van der Waals surface area contributed by atoms with Gasteiger partial charge in [-0.2, -0.15) is 0 Å². The van der Waals surface area contributed by atoms with Crippen LogP contribution in [0.2, 0.25) is 0 Å². The minimum absolute atomic E-state index is 0.0564. The number of fused-ring (bicyclic) bond motifs is 1. The predicted octanol–water partition coefficient (Wildman–Crippen LogP) is 3.36. The molecule has 1 aromatic carbocycles. The smallest absolute Gasteiger partial charge is 0.306 e. The average Bonchev–Trinajstić information content (AvgIpc) is 3.31. The van der Waals surface area contributed by atoms with Crippen molar-refractivity contribution in [1.29, 1.82) is 0 Å². The van der Waals surface area contributed by atoms with E-state index in [1.54, 1.807) is 27.7 Å². The fourth-order valence-electron chi connectivity index (χ4n) is 2.55. The number of nitrogens with zero attached hydrogens (tertiary/aromatic N) is 3. The highest BCUT2D eigenvalue weighted by molar-refractivity contribution is 7.99. The average molecular weight is 357 g/mol. The van der Waals surface area contributed by atoms with Gasteiger partial charge in [0.05, 0.1) is 15.9 Å². The van der Waals surface area contributed by atoms with E-state index in [1.165, 1.54) is 0 Å². The van der Waals surface area contributed by atoms with Gasteiger partial charge < -0.3 is 4.98 Å². The Kier molecular flexibility index (Phi) is 4.22. The van der Waals surface area contributed by atoms with Crippen molar-refractivity contribution in [3.63, 3.8) is 0 Å². The van der Waals surface area contributed by atoms with Crippen LogP contribution in [0.3, 0.4) is 0 Å². The highest BCUT2D eigenvalue weighted by atomic mass is 32.2. The summed E-state index contributed by atoms with van der Waals surface area (Å²) in [5.41, 5.74) is 1.77. The third-order valence-electron chi connectivity index (χ3n) is 3.66. The number of aromatic nitrogens is 5. The highest BCUT2D eigenvalue weighted by Crippen LogP contribution is 2.23. The lowest BCUT2D eigenvalue weighted by atomic mass is 10.3. The summed E-state index contributed by atoms with van der Waals surface area (Å²) in [6, 6.07) is 11.8. The van der Waals surface area contributed by atoms with Gasteiger partial charge in [-0.1, -0.05) is 30.0 Å². The van der Waals surface area contributed by atoms with E-state index in [4.69, 9.17) is 0 Å². The van der Waals surface area contributed by atoms with Crippen LogP contribution in [-0.2, 0) is 6.54 Å². The molecule has 4 rings (SSSR count). The third kappa shape index (κ3) is 3.02. The van der Waals surface area contributed by atoms with E-state index in [1.807, 2.05) is 41.8 Å². The standard InChI is InChI=1S/C16H15N5OS2/c22-16-17-11-5-1-2-6-12(11)21(16)8-4-10-24-15-18-14(19-20-15)13-7-3-9-23-13/h1-3,5-7,9H,4,8,10H2,(H,17,22)(H,18,19,20). The first kappa shape index (κ1) is 15.2. The summed E-state index contributed by atoms with van der Waals surface area (Å²) >= 11 is 3.23. The predicted molar refractivity (Wildman–Crippen MR) is 97.6 cm³/mol. The number of H-pyrrole nitrogens is 2. The lowest BCUT2D eigenvalue weighted by Crippen LogP contribution is -2.17. The molecular formula is C16H15N5OS2. The molecule has 0 unspecified atom stereocenters. The maximum absolute atomic E-state index is 12.0. The van der Waals surface area contributed by atoms with E-state index in [0.717, 1.165) is 39.1 Å². The molecule has 0 amide bonds. The van der Waals surface area contributed by atoms with Gasteiger partial charge in [-0.3, -0.25) is 9.67 Å². The Labute approximate surface area is 146 Å². The van der Waals surface area contributed by atoms with Crippen molar-refractivity contribution >= 4 is 34.1 Å². The van der Waals surface area contributed by atoms with E-state index in [0.29, 0.717) is 6.54 Å². The molecule has 0 aliphatic rings. The molecule has 0 saturated heterocycles. The van der Waals surface area contributed by atoms with E-state index in [-0.39, 0.29) is 5.69 Å². The van der Waals surface area contributed by atoms with Crippen LogP contribution >= 0.6 is 23.1 Å². The maximum atomic E-state index is 12.0. The molecule has 2 N–H and O–H groups in total. The number of thiophene rings is 1. The summed E-state index contributed by atoms with van der Waals surface area (Å²) in [6.45, 7) is 0.679. The number of hydrogen-bond acceptors (Lipinski definition) is 5. The van der Waals surface area contributed by atoms with E-state index in [2.05, 4.69) is 20.2 Å². The highest BCUT2D eigenvalue weighted by Gasteiger charge is 2.08. The summed E-state index contributed by atoms with van der Waals surface area (Å²) in [7, 11) is 0. The van der Waals surface area contributed by atoms with E-state index >= 15 is 0 Å². The number of rotatable bonds is 6. The van der Waals surface area contributed by atoms with Crippen LogP contribution in [0.15, 0.2) is 51.7 Å². The van der Waals surface area contributed by atoms with Crippen LogP contribution in [0.1, 0.15) is 6.42 Å². The van der Waals surface area contributed by atoms with Crippen LogP contribution in [0, 0.1) is 0 Å². The summed E-state index contributed by atoms with van der Waals surface area (Å²) < 4.78 is 1.78. The van der Waals surface area contributed by atoms with Crippen LogP contribution < -0.4 is 5.69 Å². The second-order valence-electron chi connectivity index (χ2n) is 5.24. The molecule has 0 radical (unpaired) electrons. The fraction of sp³-hybridized carbons (Fsp3) is 0.188. The van der Waals surface area contributed by atoms with Crippen molar-refractivity contribution in [2.75, 3.05) is 5.75 Å². The van der Waals surface area contributed by atoms with Gasteiger partial charge in [0.1, 0.15) is 0 Å². The van der Waals surface area contributed by atoms with Gasteiger partial charge in [-0.25, -0.2) is 9.78 Å². The Balaban J connectivity index is 1.36. The lowest BCUT2D eigenvalue weighted by molar-refractivity contribution is 0.679. The van der Waals surface area contributed by atoms with Gasteiger partial charge >= 0.3 is 5.69 Å². The molecule has 3 aromatic heterocycles. The maximum Gasteiger partial charge on any atom is 0.326 e. The van der Waals surface area contributed by atoms with Crippen molar-refractivity contribution in [3.8, 4) is 10.7 Å². The van der Waals surface area contributed by atoms with Crippen LogP contribution in [-0.4, -0.2) is 30.5 Å². The monoisotopic (exact) mass is 357 g/mol. The normalized spacial score (nSPS) is 11.3. The molecular weight excluding hydrogens is 342 g/mol. The molecule has 4 aromatic rings. The molecule has 0 saturated carbocycles. The van der Waals surface area contributed by atoms with Crippen molar-refractivity contribution in [2.45, 2.75) is 18.1 Å². The fourth-order valence-corrected chi connectivity index (χ4v) is 3.94. The van der Waals surface area contributed by atoms with E-state index < -0.39 is 0 Å². The summed E-state index contributed by atoms with van der Waals surface area (Å²) in [4.78, 5) is 20.5. The zero-order valence-electron chi connectivity index (χ0n) is 12.7. The number of thioether (sulfide) groups is 1.